The minimum atomic E-state index is -0.942. The van der Waals surface area contributed by atoms with Gasteiger partial charge in [0.05, 0.1) is 12.0 Å². The molecule has 5 nitrogen and oxygen atoms in total. The molecule has 1 heterocycles. The van der Waals surface area contributed by atoms with Crippen LogP contribution in [0.5, 0.6) is 5.75 Å². The van der Waals surface area contributed by atoms with Crippen molar-refractivity contribution in [2.75, 3.05) is 11.9 Å². The molecule has 0 radical (unpaired) electrons. The van der Waals surface area contributed by atoms with Crippen molar-refractivity contribution in [3.8, 4) is 5.75 Å². The predicted octanol–water partition coefficient (Wildman–Crippen LogP) is 4.74. The molecule has 148 valence electrons. The van der Waals surface area contributed by atoms with Gasteiger partial charge in [0, 0.05) is 11.8 Å². The van der Waals surface area contributed by atoms with Gasteiger partial charge in [-0.05, 0) is 86.6 Å². The summed E-state index contributed by atoms with van der Waals surface area (Å²) in [6, 6.07) is 3.52. The summed E-state index contributed by atoms with van der Waals surface area (Å²) in [7, 11) is 0. The van der Waals surface area contributed by atoms with Crippen LogP contribution in [0.15, 0.2) is 12.1 Å². The number of anilines is 1. The van der Waals surface area contributed by atoms with Crippen molar-refractivity contribution in [2.45, 2.75) is 54.1 Å². The van der Waals surface area contributed by atoms with Gasteiger partial charge in [-0.25, -0.2) is 0 Å². The molecule has 0 fully saturated rings. The summed E-state index contributed by atoms with van der Waals surface area (Å²) in [6.07, 6.45) is -0.0357. The van der Waals surface area contributed by atoms with Crippen molar-refractivity contribution < 1.29 is 19.4 Å². The highest BCUT2D eigenvalue weighted by Crippen LogP contribution is 2.41. The number of fused-ring (bicyclic) bond motifs is 1. The number of carbonyl (C=O) groups is 2. The van der Waals surface area contributed by atoms with Gasteiger partial charge in [-0.2, -0.15) is 0 Å². The Labute approximate surface area is 165 Å². The van der Waals surface area contributed by atoms with E-state index < -0.39 is 5.97 Å². The van der Waals surface area contributed by atoms with Crippen LogP contribution in [0.3, 0.4) is 0 Å². The van der Waals surface area contributed by atoms with Crippen LogP contribution in [0.1, 0.15) is 61.8 Å². The minimum absolute atomic E-state index is 0.0585. The number of aryl methyl sites for hydroxylation is 1. The van der Waals surface area contributed by atoms with Gasteiger partial charge < -0.3 is 15.2 Å². The fourth-order valence-electron chi connectivity index (χ4n) is 4.12. The largest absolute Gasteiger partial charge is 0.484 e. The Hall–Kier alpha value is -2.82. The average Bonchev–Trinajstić information content (AvgIpc) is 2.62. The van der Waals surface area contributed by atoms with Gasteiger partial charge in [0.1, 0.15) is 18.4 Å². The van der Waals surface area contributed by atoms with Crippen LogP contribution in [0.4, 0.5) is 5.69 Å². The lowest BCUT2D eigenvalue weighted by Crippen LogP contribution is -2.24. The van der Waals surface area contributed by atoms with E-state index in [-0.39, 0.29) is 18.4 Å². The number of rotatable bonds is 4. The van der Waals surface area contributed by atoms with Crippen LogP contribution in [-0.4, -0.2) is 23.4 Å². The molecular weight excluding hydrogens is 354 g/mol. The van der Waals surface area contributed by atoms with Crippen LogP contribution in [0.25, 0.3) is 0 Å². The van der Waals surface area contributed by atoms with Gasteiger partial charge in [0.25, 0.3) is 0 Å². The summed E-state index contributed by atoms with van der Waals surface area (Å²) in [5.74, 6) is -0.367. The smallest absolute Gasteiger partial charge is 0.322 e. The average molecular weight is 381 g/mol. The Morgan fingerprint density at radius 1 is 1.04 bits per heavy atom. The van der Waals surface area contributed by atoms with Crippen molar-refractivity contribution in [1.82, 2.24) is 0 Å². The third-order valence-corrected chi connectivity index (χ3v) is 6.04. The molecule has 0 spiro atoms. The van der Waals surface area contributed by atoms with Crippen LogP contribution >= 0.6 is 0 Å². The summed E-state index contributed by atoms with van der Waals surface area (Å²) in [6.45, 7) is 12.2. The molecule has 2 aromatic carbocycles. The highest BCUT2D eigenvalue weighted by Gasteiger charge is 2.32. The van der Waals surface area contributed by atoms with Crippen molar-refractivity contribution >= 4 is 17.4 Å². The zero-order valence-electron chi connectivity index (χ0n) is 17.3. The Morgan fingerprint density at radius 3 is 2.18 bits per heavy atom. The van der Waals surface area contributed by atoms with E-state index in [2.05, 4.69) is 39.9 Å². The van der Waals surface area contributed by atoms with Crippen LogP contribution < -0.4 is 10.1 Å². The number of ether oxygens (including phenoxy) is 1. The van der Waals surface area contributed by atoms with Crippen molar-refractivity contribution in [3.05, 3.63) is 56.6 Å². The maximum absolute atomic E-state index is 12.9. The molecule has 2 N–H and O–H groups in total. The number of aliphatic carboxylic acids is 1. The molecule has 1 atom stereocenters. The van der Waals surface area contributed by atoms with Crippen molar-refractivity contribution in [2.24, 2.45) is 0 Å². The lowest BCUT2D eigenvalue weighted by atomic mass is 9.84. The number of benzene rings is 2. The second kappa shape index (κ2) is 7.30. The number of carbonyl (C=O) groups excluding carboxylic acids is 1. The molecule has 1 aliphatic rings. The van der Waals surface area contributed by atoms with Crippen LogP contribution in [-0.2, 0) is 4.79 Å². The van der Waals surface area contributed by atoms with E-state index in [0.29, 0.717) is 23.4 Å². The Bertz CT molecular complexity index is 962. The van der Waals surface area contributed by atoms with E-state index in [1.165, 1.54) is 27.8 Å². The fraction of sp³-hybridized carbons (Fsp3) is 0.391. The Kier molecular flexibility index (Phi) is 5.20. The number of hydrogen-bond donors (Lipinski definition) is 2. The van der Waals surface area contributed by atoms with Gasteiger partial charge in [0.2, 0.25) is 0 Å². The van der Waals surface area contributed by atoms with E-state index in [1.54, 1.807) is 12.1 Å². The summed E-state index contributed by atoms with van der Waals surface area (Å²) in [5.41, 5.74) is 9.17. The zero-order valence-corrected chi connectivity index (χ0v) is 17.3. The lowest BCUT2D eigenvalue weighted by molar-refractivity contribution is -0.134. The fourth-order valence-corrected chi connectivity index (χ4v) is 4.12. The van der Waals surface area contributed by atoms with Gasteiger partial charge >= 0.3 is 5.97 Å². The topological polar surface area (TPSA) is 75.6 Å². The third kappa shape index (κ3) is 3.37. The second-order valence-electron chi connectivity index (χ2n) is 7.69. The second-order valence-corrected chi connectivity index (χ2v) is 7.69. The molecule has 0 aliphatic carbocycles. The summed E-state index contributed by atoms with van der Waals surface area (Å²) in [5, 5.41) is 11.8. The summed E-state index contributed by atoms with van der Waals surface area (Å²) < 4.78 is 6.32. The van der Waals surface area contributed by atoms with Gasteiger partial charge in [-0.3, -0.25) is 9.59 Å². The van der Waals surface area contributed by atoms with E-state index in [0.717, 1.165) is 11.1 Å². The standard InChI is InChI=1S/C23H27NO4/c1-11-7-17(24-10-21(26)27)8-19-22(11)18(25)9-20(28-19)23-15(5)13(3)12(2)14(4)16(23)6/h7-8,20,24H,9-10H2,1-6H3,(H,26,27). The van der Waals surface area contributed by atoms with E-state index >= 15 is 0 Å². The maximum Gasteiger partial charge on any atom is 0.322 e. The molecule has 3 rings (SSSR count). The number of nitrogens with one attached hydrogen (secondary N) is 1. The molecular formula is C23H27NO4. The number of carboxylic acid groups (broad SMARTS) is 1. The first-order valence-corrected chi connectivity index (χ1v) is 9.48. The molecule has 28 heavy (non-hydrogen) atoms. The highest BCUT2D eigenvalue weighted by atomic mass is 16.5. The SMILES string of the molecule is Cc1cc(NCC(=O)O)cc2c1C(=O)CC(c1c(C)c(C)c(C)c(C)c1C)O2. The first kappa shape index (κ1) is 19.9. The third-order valence-electron chi connectivity index (χ3n) is 6.04. The van der Waals surface area contributed by atoms with Crippen molar-refractivity contribution in [1.29, 1.82) is 0 Å². The first-order valence-electron chi connectivity index (χ1n) is 9.48. The quantitative estimate of drug-likeness (QED) is 0.800. The Morgan fingerprint density at radius 2 is 1.61 bits per heavy atom. The number of ketones is 1. The number of Topliss-reactive ketones (excluding diaryl/α,β-unsaturated/α-hetero) is 1. The maximum atomic E-state index is 12.9. The summed E-state index contributed by atoms with van der Waals surface area (Å²) >= 11 is 0. The normalized spacial score (nSPS) is 15.8. The highest BCUT2D eigenvalue weighted by molar-refractivity contribution is 6.02. The molecule has 0 amide bonds. The van der Waals surface area contributed by atoms with Crippen LogP contribution in [0.2, 0.25) is 0 Å². The Balaban J connectivity index is 2.05. The molecule has 5 heteroatoms. The predicted molar refractivity (Wildman–Crippen MR) is 110 cm³/mol. The number of carboxylic acids is 1. The van der Waals surface area contributed by atoms with Crippen LogP contribution in [0, 0.1) is 41.5 Å². The zero-order chi connectivity index (χ0) is 20.7. The monoisotopic (exact) mass is 381 g/mol. The molecule has 0 aromatic heterocycles. The molecule has 0 bridgehead atoms. The van der Waals surface area contributed by atoms with Crippen molar-refractivity contribution in [3.63, 3.8) is 0 Å². The molecule has 1 aliphatic heterocycles. The van der Waals surface area contributed by atoms with Gasteiger partial charge in [-0.1, -0.05) is 0 Å². The first-order chi connectivity index (χ1) is 13.1. The molecule has 1 unspecified atom stereocenters. The van der Waals surface area contributed by atoms with E-state index in [9.17, 15) is 9.59 Å². The number of hydrogen-bond acceptors (Lipinski definition) is 4. The lowest BCUT2D eigenvalue weighted by Gasteiger charge is -2.31. The van der Waals surface area contributed by atoms with E-state index in [1.807, 2.05) is 6.92 Å². The molecule has 0 saturated carbocycles. The molecule has 0 saturated heterocycles. The molecule has 2 aromatic rings. The van der Waals surface area contributed by atoms with Gasteiger partial charge in [-0.15, -0.1) is 0 Å². The summed E-state index contributed by atoms with van der Waals surface area (Å²) in [4.78, 5) is 23.8. The minimum Gasteiger partial charge on any atom is -0.484 e. The van der Waals surface area contributed by atoms with E-state index in [4.69, 9.17) is 9.84 Å². The van der Waals surface area contributed by atoms with Gasteiger partial charge in [0.15, 0.2) is 5.78 Å².